The van der Waals surface area contributed by atoms with Crippen LogP contribution in [0.2, 0.25) is 0 Å². The van der Waals surface area contributed by atoms with Gasteiger partial charge in [-0.1, -0.05) is 73.9 Å². The summed E-state index contributed by atoms with van der Waals surface area (Å²) < 4.78 is 5.52. The zero-order valence-electron chi connectivity index (χ0n) is 27.1. The summed E-state index contributed by atoms with van der Waals surface area (Å²) in [6.45, 7) is 5.69. The van der Waals surface area contributed by atoms with Crippen molar-refractivity contribution in [3.63, 3.8) is 0 Å². The maximum atomic E-state index is 13.7. The van der Waals surface area contributed by atoms with E-state index in [0.29, 0.717) is 12.1 Å². The van der Waals surface area contributed by atoms with Crippen molar-refractivity contribution in [1.29, 1.82) is 0 Å². The number of aliphatic hydroxyl groups excluding tert-OH is 1. The Morgan fingerprint density at radius 3 is 2.39 bits per heavy atom. The number of hydrogen-bond acceptors (Lipinski definition) is 8. The van der Waals surface area contributed by atoms with E-state index in [-0.39, 0.29) is 25.6 Å². The SMILES string of the molecule is CC(C)(C)OC(=O)NN(C[C@H](O)[C@H](Cc1ccccc1)NC(=O)[C@H](CC(N)=O)NCc1ccc2ccccc2n1)C1CCCCC1. The molecule has 1 saturated carbocycles. The first-order valence-corrected chi connectivity index (χ1v) is 16.1. The van der Waals surface area contributed by atoms with Crippen molar-refractivity contribution in [1.82, 2.24) is 26.1 Å². The predicted molar refractivity (Wildman–Crippen MR) is 177 cm³/mol. The van der Waals surface area contributed by atoms with Gasteiger partial charge < -0.3 is 20.9 Å². The van der Waals surface area contributed by atoms with E-state index in [1.54, 1.807) is 25.8 Å². The number of amides is 3. The van der Waals surface area contributed by atoms with Crippen LogP contribution in [0.25, 0.3) is 10.9 Å². The standard InChI is InChI=1S/C35H48N6O5/c1-35(2,3)46-34(45)40-41(27-15-8-5-9-16-27)23-31(42)29(20-24-12-6-4-7-13-24)39-33(44)30(21-32(36)43)37-22-26-19-18-25-14-10-11-17-28(25)38-26/h4,6-7,10-14,17-19,27,29-31,37,42H,5,8-9,15-16,20-23H2,1-3H3,(H2,36,43)(H,39,44)(H,40,45)/t29-,30-,31-/m0/s1. The van der Waals surface area contributed by atoms with Crippen LogP contribution >= 0.6 is 0 Å². The molecule has 0 bridgehead atoms. The fourth-order valence-electron chi connectivity index (χ4n) is 5.75. The summed E-state index contributed by atoms with van der Waals surface area (Å²) in [6, 6.07) is 19.4. The third kappa shape index (κ3) is 11.1. The van der Waals surface area contributed by atoms with Gasteiger partial charge in [0.05, 0.1) is 35.8 Å². The van der Waals surface area contributed by atoms with Crippen molar-refractivity contribution >= 4 is 28.8 Å². The van der Waals surface area contributed by atoms with Gasteiger partial charge in [0.15, 0.2) is 0 Å². The summed E-state index contributed by atoms with van der Waals surface area (Å²) in [7, 11) is 0. The number of aromatic nitrogens is 1. The van der Waals surface area contributed by atoms with Gasteiger partial charge in [0.2, 0.25) is 11.8 Å². The molecule has 1 aliphatic rings. The van der Waals surface area contributed by atoms with Crippen LogP contribution < -0.4 is 21.8 Å². The fourth-order valence-corrected chi connectivity index (χ4v) is 5.75. The number of rotatable bonds is 14. The number of ether oxygens (including phenoxy) is 1. The molecule has 6 N–H and O–H groups in total. The Balaban J connectivity index is 1.51. The van der Waals surface area contributed by atoms with E-state index in [2.05, 4.69) is 21.0 Å². The van der Waals surface area contributed by atoms with E-state index >= 15 is 0 Å². The fraction of sp³-hybridized carbons (Fsp3) is 0.486. The first-order chi connectivity index (χ1) is 22.0. The summed E-state index contributed by atoms with van der Waals surface area (Å²) in [5.74, 6) is -1.10. The average molecular weight is 633 g/mol. The molecule has 3 aromatic rings. The minimum Gasteiger partial charge on any atom is -0.443 e. The Bertz CT molecular complexity index is 1440. The van der Waals surface area contributed by atoms with E-state index in [0.717, 1.165) is 48.6 Å². The Morgan fingerprint density at radius 2 is 1.70 bits per heavy atom. The second-order valence-electron chi connectivity index (χ2n) is 13.0. The van der Waals surface area contributed by atoms with Crippen LogP contribution in [0.5, 0.6) is 0 Å². The second kappa shape index (κ2) is 16.5. The van der Waals surface area contributed by atoms with Crippen molar-refractivity contribution in [2.24, 2.45) is 5.73 Å². The van der Waals surface area contributed by atoms with Crippen LogP contribution in [0.3, 0.4) is 0 Å². The van der Waals surface area contributed by atoms with Crippen LogP contribution in [0.1, 0.15) is 70.6 Å². The van der Waals surface area contributed by atoms with Gasteiger partial charge in [-0.3, -0.25) is 25.3 Å². The first kappa shape index (κ1) is 34.8. The normalized spacial score (nSPS) is 16.0. The highest BCUT2D eigenvalue weighted by Gasteiger charge is 2.32. The van der Waals surface area contributed by atoms with Crippen molar-refractivity contribution < 1.29 is 24.2 Å². The molecule has 1 aliphatic carbocycles. The number of carbonyl (C=O) groups excluding carboxylic acids is 3. The summed E-state index contributed by atoms with van der Waals surface area (Å²) in [6.07, 6.45) is 3.32. The lowest BCUT2D eigenvalue weighted by Gasteiger charge is -2.37. The molecule has 46 heavy (non-hydrogen) atoms. The molecule has 11 nitrogen and oxygen atoms in total. The molecule has 3 atom stereocenters. The highest BCUT2D eigenvalue weighted by Crippen LogP contribution is 2.23. The highest BCUT2D eigenvalue weighted by molar-refractivity contribution is 5.88. The number of nitrogens with zero attached hydrogens (tertiary/aromatic N) is 2. The third-order valence-corrected chi connectivity index (χ3v) is 8.03. The van der Waals surface area contributed by atoms with Crippen LogP contribution in [0.4, 0.5) is 4.79 Å². The third-order valence-electron chi connectivity index (χ3n) is 8.03. The van der Waals surface area contributed by atoms with Gasteiger partial charge in [0.1, 0.15) is 5.60 Å². The first-order valence-electron chi connectivity index (χ1n) is 16.1. The Hall–Kier alpha value is -4.06. The van der Waals surface area contributed by atoms with Crippen LogP contribution in [-0.4, -0.2) is 69.4 Å². The van der Waals surface area contributed by atoms with Gasteiger partial charge in [0, 0.05) is 24.5 Å². The number of hydrogen-bond donors (Lipinski definition) is 5. The van der Waals surface area contributed by atoms with E-state index in [1.165, 1.54) is 0 Å². The molecule has 1 fully saturated rings. The predicted octanol–water partition coefficient (Wildman–Crippen LogP) is 3.73. The number of nitrogens with one attached hydrogen (secondary N) is 3. The van der Waals surface area contributed by atoms with E-state index < -0.39 is 41.7 Å². The van der Waals surface area contributed by atoms with Gasteiger partial charge in [-0.05, 0) is 57.7 Å². The molecular weight excluding hydrogens is 584 g/mol. The summed E-state index contributed by atoms with van der Waals surface area (Å²) >= 11 is 0. The summed E-state index contributed by atoms with van der Waals surface area (Å²) in [4.78, 5) is 43.2. The van der Waals surface area contributed by atoms with E-state index in [9.17, 15) is 19.5 Å². The Morgan fingerprint density at radius 1 is 1.00 bits per heavy atom. The molecule has 0 aliphatic heterocycles. The largest absolute Gasteiger partial charge is 0.443 e. The molecule has 11 heteroatoms. The molecule has 3 amide bonds. The zero-order chi connectivity index (χ0) is 33.1. The second-order valence-corrected chi connectivity index (χ2v) is 13.0. The maximum Gasteiger partial charge on any atom is 0.422 e. The number of nitrogens with two attached hydrogens (primary N) is 1. The van der Waals surface area contributed by atoms with Crippen molar-refractivity contribution in [2.75, 3.05) is 6.54 Å². The number of fused-ring (bicyclic) bond motifs is 1. The average Bonchev–Trinajstić information content (AvgIpc) is 3.02. The number of hydrazine groups is 1. The number of primary amides is 1. The molecule has 2 aromatic carbocycles. The molecule has 0 radical (unpaired) electrons. The van der Waals surface area contributed by atoms with Gasteiger partial charge in [-0.2, -0.15) is 0 Å². The molecule has 248 valence electrons. The molecule has 0 spiro atoms. The van der Waals surface area contributed by atoms with Gasteiger partial charge in [-0.25, -0.2) is 9.80 Å². The van der Waals surface area contributed by atoms with Crippen LogP contribution in [0.15, 0.2) is 66.7 Å². The number of aliphatic hydroxyl groups is 1. The molecule has 1 aromatic heterocycles. The van der Waals surface area contributed by atoms with E-state index in [1.807, 2.05) is 66.7 Å². The van der Waals surface area contributed by atoms with Crippen molar-refractivity contribution in [3.8, 4) is 0 Å². The number of carbonyl (C=O) groups is 3. The maximum absolute atomic E-state index is 13.7. The molecule has 4 rings (SSSR count). The van der Waals surface area contributed by atoms with E-state index in [4.69, 9.17) is 10.5 Å². The van der Waals surface area contributed by atoms with Gasteiger partial charge in [0.25, 0.3) is 0 Å². The topological polar surface area (TPSA) is 159 Å². The van der Waals surface area contributed by atoms with Crippen LogP contribution in [0, 0.1) is 0 Å². The molecular formula is C35H48N6O5. The lowest BCUT2D eigenvalue weighted by atomic mass is 9.94. The zero-order valence-corrected chi connectivity index (χ0v) is 27.1. The minimum absolute atomic E-state index is 0.0164. The smallest absolute Gasteiger partial charge is 0.422 e. The van der Waals surface area contributed by atoms with Crippen molar-refractivity contribution in [3.05, 3.63) is 78.0 Å². The minimum atomic E-state index is -1.07. The Kier molecular flexibility index (Phi) is 12.5. The summed E-state index contributed by atoms with van der Waals surface area (Å²) in [5, 5.41) is 20.5. The molecule has 1 heterocycles. The Labute approximate surface area is 271 Å². The number of pyridine rings is 1. The number of para-hydroxylation sites is 1. The van der Waals surface area contributed by atoms with Crippen molar-refractivity contribution in [2.45, 2.75) is 102 Å². The highest BCUT2D eigenvalue weighted by atomic mass is 16.6. The number of benzene rings is 2. The quantitative estimate of drug-likeness (QED) is 0.168. The lowest BCUT2D eigenvalue weighted by molar-refractivity contribution is -0.128. The summed E-state index contributed by atoms with van der Waals surface area (Å²) in [5.41, 5.74) is 10.2. The lowest BCUT2D eigenvalue weighted by Crippen LogP contribution is -2.58. The molecule has 0 unspecified atom stereocenters. The van der Waals surface area contributed by atoms with Crippen LogP contribution in [-0.2, 0) is 27.3 Å². The van der Waals surface area contributed by atoms with Gasteiger partial charge >= 0.3 is 6.09 Å². The van der Waals surface area contributed by atoms with Gasteiger partial charge in [-0.15, -0.1) is 0 Å². The molecule has 0 saturated heterocycles. The monoisotopic (exact) mass is 632 g/mol.